The summed E-state index contributed by atoms with van der Waals surface area (Å²) in [6.45, 7) is 4.68. The topological polar surface area (TPSA) is 21.1 Å². The van der Waals surface area contributed by atoms with E-state index in [1.165, 1.54) is 44.3 Å². The zero-order valence-corrected chi connectivity index (χ0v) is 23.1. The Morgan fingerprint density at radius 3 is 1.98 bits per heavy atom. The third-order valence-corrected chi connectivity index (χ3v) is 8.62. The first kappa shape index (κ1) is 23.7. The van der Waals surface area contributed by atoms with Crippen LogP contribution in [0.5, 0.6) is 0 Å². The molecule has 0 saturated carbocycles. The van der Waals surface area contributed by atoms with Gasteiger partial charge in [-0.25, -0.2) is 0 Å². The Hall–Kier alpha value is -5.15. The lowest BCUT2D eigenvalue weighted by Crippen LogP contribution is -2.30. The molecule has 0 fully saturated rings. The van der Waals surface area contributed by atoms with Crippen molar-refractivity contribution in [3.05, 3.63) is 151 Å². The number of aromatic nitrogens is 2. The fourth-order valence-electron chi connectivity index (χ4n) is 6.66. The molecule has 3 heterocycles. The van der Waals surface area contributed by atoms with E-state index in [-0.39, 0.29) is 5.41 Å². The minimum Gasteiger partial charge on any atom is -0.310 e. The second-order valence-corrected chi connectivity index (χ2v) is 11.3. The first-order valence-corrected chi connectivity index (χ1v) is 14.2. The van der Waals surface area contributed by atoms with Crippen molar-refractivity contribution in [1.29, 1.82) is 0 Å². The van der Waals surface area contributed by atoms with Gasteiger partial charge in [0.25, 0.3) is 0 Å². The predicted molar refractivity (Wildman–Crippen MR) is 171 cm³/mol. The van der Waals surface area contributed by atoms with Gasteiger partial charge in [0, 0.05) is 39.3 Å². The quantitative estimate of drug-likeness (QED) is 0.228. The maximum Gasteiger partial charge on any atom is 0.0702 e. The van der Waals surface area contributed by atoms with Crippen molar-refractivity contribution in [2.75, 3.05) is 4.90 Å². The number of fused-ring (bicyclic) bond motifs is 5. The summed E-state index contributed by atoms with van der Waals surface area (Å²) in [4.78, 5) is 7.06. The van der Waals surface area contributed by atoms with E-state index in [9.17, 15) is 0 Å². The third kappa shape index (κ3) is 3.56. The molecule has 0 aliphatic carbocycles. The van der Waals surface area contributed by atoms with E-state index in [0.717, 1.165) is 22.6 Å². The molecule has 41 heavy (non-hydrogen) atoms. The van der Waals surface area contributed by atoms with Crippen molar-refractivity contribution < 1.29 is 0 Å². The molecule has 0 bridgehead atoms. The summed E-state index contributed by atoms with van der Waals surface area (Å²) in [5.41, 5.74) is 11.7. The summed E-state index contributed by atoms with van der Waals surface area (Å²) in [5, 5.41) is 2.54. The number of para-hydroxylation sites is 3. The van der Waals surface area contributed by atoms with Crippen molar-refractivity contribution >= 4 is 38.9 Å². The molecule has 2 aromatic heterocycles. The van der Waals surface area contributed by atoms with Crippen LogP contribution in [0.15, 0.2) is 140 Å². The number of rotatable bonds is 3. The van der Waals surface area contributed by atoms with Gasteiger partial charge in [0.1, 0.15) is 0 Å². The normalized spacial score (nSPS) is 13.8. The molecule has 196 valence electrons. The van der Waals surface area contributed by atoms with Crippen molar-refractivity contribution in [1.82, 2.24) is 9.55 Å². The van der Waals surface area contributed by atoms with Crippen LogP contribution in [0.25, 0.3) is 38.8 Å². The van der Waals surface area contributed by atoms with Crippen LogP contribution in [0.1, 0.15) is 25.0 Å². The number of benzene rings is 5. The smallest absolute Gasteiger partial charge is 0.0702 e. The standard InChI is InChI=1S/C38H29N3/c1-38(2)31-16-5-8-20-36(31)41(27-13-11-12-26(24-27)33-17-9-10-23-39-33)37-25-28(21-22-32(37)38)40-34-18-6-3-14-29(34)30-15-4-7-19-35(30)40/h3-25H,1-2H3. The first-order chi connectivity index (χ1) is 20.1. The van der Waals surface area contributed by atoms with Crippen LogP contribution in [-0.2, 0) is 5.41 Å². The van der Waals surface area contributed by atoms with Crippen LogP contribution in [0.3, 0.4) is 0 Å². The minimum atomic E-state index is -0.152. The van der Waals surface area contributed by atoms with Crippen molar-refractivity contribution in [3.63, 3.8) is 0 Å². The fourth-order valence-corrected chi connectivity index (χ4v) is 6.66. The summed E-state index contributed by atoms with van der Waals surface area (Å²) in [5.74, 6) is 0. The molecule has 0 spiro atoms. The molecular weight excluding hydrogens is 498 g/mol. The molecule has 0 radical (unpaired) electrons. The second kappa shape index (κ2) is 8.94. The molecule has 0 N–H and O–H groups in total. The van der Waals surface area contributed by atoms with Crippen LogP contribution in [0.4, 0.5) is 17.1 Å². The molecule has 1 aliphatic heterocycles. The van der Waals surface area contributed by atoms with Gasteiger partial charge in [0.05, 0.1) is 28.1 Å². The van der Waals surface area contributed by atoms with E-state index < -0.39 is 0 Å². The number of pyridine rings is 1. The van der Waals surface area contributed by atoms with Gasteiger partial charge in [0.15, 0.2) is 0 Å². The van der Waals surface area contributed by atoms with Gasteiger partial charge in [-0.1, -0.05) is 92.7 Å². The van der Waals surface area contributed by atoms with E-state index >= 15 is 0 Å². The lowest BCUT2D eigenvalue weighted by Gasteiger charge is -2.42. The summed E-state index contributed by atoms with van der Waals surface area (Å²) < 4.78 is 2.40. The molecule has 3 nitrogen and oxygen atoms in total. The summed E-state index contributed by atoms with van der Waals surface area (Å²) in [6.07, 6.45) is 1.86. The molecule has 8 rings (SSSR count). The second-order valence-electron chi connectivity index (χ2n) is 11.3. The largest absolute Gasteiger partial charge is 0.310 e. The molecule has 0 saturated heterocycles. The van der Waals surface area contributed by atoms with Gasteiger partial charge in [-0.15, -0.1) is 0 Å². The lowest BCUT2D eigenvalue weighted by molar-refractivity contribution is 0.631. The fraction of sp³-hybridized carbons (Fsp3) is 0.0789. The lowest BCUT2D eigenvalue weighted by atomic mass is 9.73. The van der Waals surface area contributed by atoms with Crippen molar-refractivity contribution in [2.45, 2.75) is 19.3 Å². The molecule has 1 aliphatic rings. The van der Waals surface area contributed by atoms with E-state index in [0.29, 0.717) is 0 Å². The number of nitrogens with zero attached hydrogens (tertiary/aromatic N) is 3. The van der Waals surface area contributed by atoms with E-state index in [4.69, 9.17) is 0 Å². The van der Waals surface area contributed by atoms with Crippen LogP contribution in [0.2, 0.25) is 0 Å². The Morgan fingerprint density at radius 1 is 0.537 bits per heavy atom. The zero-order chi connectivity index (χ0) is 27.6. The Bertz CT molecular complexity index is 2030. The number of hydrogen-bond donors (Lipinski definition) is 0. The Kier molecular flexibility index (Phi) is 5.17. The number of anilines is 3. The Morgan fingerprint density at radius 2 is 1.22 bits per heavy atom. The Balaban J connectivity index is 1.40. The van der Waals surface area contributed by atoms with Crippen molar-refractivity contribution in [3.8, 4) is 16.9 Å². The molecule has 0 amide bonds. The van der Waals surface area contributed by atoms with Crippen LogP contribution in [0, 0.1) is 0 Å². The maximum atomic E-state index is 4.63. The van der Waals surface area contributed by atoms with E-state index in [1.54, 1.807) is 0 Å². The van der Waals surface area contributed by atoms with Crippen LogP contribution < -0.4 is 4.90 Å². The van der Waals surface area contributed by atoms with Gasteiger partial charge in [-0.05, 0) is 65.7 Å². The summed E-state index contributed by atoms with van der Waals surface area (Å²) in [6, 6.07) is 48.0. The van der Waals surface area contributed by atoms with Gasteiger partial charge in [0.2, 0.25) is 0 Å². The highest BCUT2D eigenvalue weighted by molar-refractivity contribution is 6.09. The Labute approximate surface area is 240 Å². The third-order valence-electron chi connectivity index (χ3n) is 8.62. The molecule has 0 unspecified atom stereocenters. The van der Waals surface area contributed by atoms with E-state index in [2.05, 4.69) is 150 Å². The van der Waals surface area contributed by atoms with Gasteiger partial charge >= 0.3 is 0 Å². The molecule has 5 aromatic carbocycles. The van der Waals surface area contributed by atoms with E-state index in [1.807, 2.05) is 18.3 Å². The summed E-state index contributed by atoms with van der Waals surface area (Å²) >= 11 is 0. The molecule has 7 aromatic rings. The van der Waals surface area contributed by atoms with Crippen LogP contribution >= 0.6 is 0 Å². The molecular formula is C38H29N3. The predicted octanol–water partition coefficient (Wildman–Crippen LogP) is 9.95. The molecule has 0 atom stereocenters. The number of hydrogen-bond acceptors (Lipinski definition) is 2. The highest BCUT2D eigenvalue weighted by atomic mass is 15.2. The maximum absolute atomic E-state index is 4.63. The van der Waals surface area contributed by atoms with Gasteiger partial charge < -0.3 is 9.47 Å². The van der Waals surface area contributed by atoms with Gasteiger partial charge in [-0.3, -0.25) is 4.98 Å². The zero-order valence-electron chi connectivity index (χ0n) is 23.1. The molecule has 3 heteroatoms. The highest BCUT2D eigenvalue weighted by Crippen LogP contribution is 2.52. The monoisotopic (exact) mass is 527 g/mol. The average molecular weight is 528 g/mol. The summed E-state index contributed by atoms with van der Waals surface area (Å²) in [7, 11) is 0. The first-order valence-electron chi connectivity index (χ1n) is 14.2. The van der Waals surface area contributed by atoms with Crippen LogP contribution in [-0.4, -0.2) is 9.55 Å². The minimum absolute atomic E-state index is 0.152. The van der Waals surface area contributed by atoms with Crippen molar-refractivity contribution in [2.24, 2.45) is 0 Å². The SMILES string of the molecule is CC1(C)c2ccccc2N(c2cccc(-c3ccccn3)c2)c2cc(-n3c4ccccc4c4ccccc43)ccc21. The highest BCUT2D eigenvalue weighted by Gasteiger charge is 2.37. The average Bonchev–Trinajstić information content (AvgIpc) is 3.36. The van der Waals surface area contributed by atoms with Gasteiger partial charge in [-0.2, -0.15) is 0 Å².